The molecule has 1 N–H and O–H groups in total. The summed E-state index contributed by atoms with van der Waals surface area (Å²) in [5.41, 5.74) is 3.63. The predicted molar refractivity (Wildman–Crippen MR) is 86.1 cm³/mol. The highest BCUT2D eigenvalue weighted by molar-refractivity contribution is 5.36. The molecule has 0 saturated carbocycles. The number of ether oxygens (including phenoxy) is 2. The van der Waals surface area contributed by atoms with Crippen LogP contribution in [0, 0.1) is 13.8 Å². The quantitative estimate of drug-likeness (QED) is 0.790. The lowest BCUT2D eigenvalue weighted by Crippen LogP contribution is -2.20. The number of nitrogens with one attached hydrogen (secondary N) is 1. The van der Waals surface area contributed by atoms with Crippen LogP contribution < -0.4 is 14.8 Å². The van der Waals surface area contributed by atoms with Gasteiger partial charge in [-0.25, -0.2) is 0 Å². The lowest BCUT2D eigenvalue weighted by Gasteiger charge is -2.10. The molecule has 0 saturated heterocycles. The Balaban J connectivity index is 1.71. The van der Waals surface area contributed by atoms with Gasteiger partial charge < -0.3 is 14.8 Å². The molecular formula is C18H23NO2. The standard InChI is InChI=1S/C18H23NO2/c1-14-5-4-6-17(11-14)21-10-9-19-13-16-7-8-18(20-3)15(2)12-16/h4-8,11-12,19H,9-10,13H2,1-3H3. The van der Waals surface area contributed by atoms with Gasteiger partial charge >= 0.3 is 0 Å². The molecule has 0 spiro atoms. The number of methoxy groups -OCH3 is 1. The summed E-state index contributed by atoms with van der Waals surface area (Å²) in [6.45, 7) is 6.44. The van der Waals surface area contributed by atoms with Crippen LogP contribution in [-0.2, 0) is 6.54 Å². The number of aryl methyl sites for hydroxylation is 2. The van der Waals surface area contributed by atoms with Gasteiger partial charge in [0.05, 0.1) is 7.11 Å². The Kier molecular flexibility index (Phi) is 5.64. The van der Waals surface area contributed by atoms with Gasteiger partial charge in [-0.05, 0) is 48.7 Å². The van der Waals surface area contributed by atoms with Crippen molar-refractivity contribution >= 4 is 0 Å². The number of hydrogen-bond donors (Lipinski definition) is 1. The van der Waals surface area contributed by atoms with Gasteiger partial charge in [0.25, 0.3) is 0 Å². The molecule has 3 nitrogen and oxygen atoms in total. The molecule has 0 unspecified atom stereocenters. The van der Waals surface area contributed by atoms with Crippen LogP contribution in [0.4, 0.5) is 0 Å². The fraction of sp³-hybridized carbons (Fsp3) is 0.333. The fourth-order valence-corrected chi connectivity index (χ4v) is 2.23. The van der Waals surface area contributed by atoms with Crippen molar-refractivity contribution in [1.29, 1.82) is 0 Å². The highest BCUT2D eigenvalue weighted by Crippen LogP contribution is 2.18. The van der Waals surface area contributed by atoms with E-state index in [1.165, 1.54) is 11.1 Å². The summed E-state index contributed by atoms with van der Waals surface area (Å²) in [6, 6.07) is 14.4. The third-order valence-corrected chi connectivity index (χ3v) is 3.33. The summed E-state index contributed by atoms with van der Waals surface area (Å²) in [7, 11) is 1.70. The van der Waals surface area contributed by atoms with E-state index in [2.05, 4.69) is 37.4 Å². The zero-order valence-electron chi connectivity index (χ0n) is 13.0. The van der Waals surface area contributed by atoms with Crippen molar-refractivity contribution in [3.05, 3.63) is 59.2 Å². The number of benzene rings is 2. The van der Waals surface area contributed by atoms with Gasteiger partial charge in [-0.3, -0.25) is 0 Å². The third kappa shape index (κ3) is 4.80. The molecule has 0 heterocycles. The van der Waals surface area contributed by atoms with Crippen molar-refractivity contribution in [2.24, 2.45) is 0 Å². The average molecular weight is 285 g/mol. The first kappa shape index (κ1) is 15.4. The first-order chi connectivity index (χ1) is 10.2. The summed E-state index contributed by atoms with van der Waals surface area (Å²) >= 11 is 0. The van der Waals surface area contributed by atoms with Crippen molar-refractivity contribution in [3.63, 3.8) is 0 Å². The first-order valence-corrected chi connectivity index (χ1v) is 7.23. The van der Waals surface area contributed by atoms with Crippen LogP contribution in [0.25, 0.3) is 0 Å². The summed E-state index contributed by atoms with van der Waals surface area (Å²) in [5, 5.41) is 3.39. The maximum absolute atomic E-state index is 5.70. The lowest BCUT2D eigenvalue weighted by molar-refractivity contribution is 0.313. The Morgan fingerprint density at radius 3 is 2.62 bits per heavy atom. The van der Waals surface area contributed by atoms with Gasteiger partial charge in [0.15, 0.2) is 0 Å². The van der Waals surface area contributed by atoms with E-state index >= 15 is 0 Å². The van der Waals surface area contributed by atoms with Crippen LogP contribution in [0.15, 0.2) is 42.5 Å². The molecule has 0 aromatic heterocycles. The zero-order chi connectivity index (χ0) is 15.1. The maximum atomic E-state index is 5.70. The van der Waals surface area contributed by atoms with Crippen LogP contribution >= 0.6 is 0 Å². The Hall–Kier alpha value is -2.00. The van der Waals surface area contributed by atoms with E-state index in [-0.39, 0.29) is 0 Å². The van der Waals surface area contributed by atoms with Crippen LogP contribution in [0.3, 0.4) is 0 Å². The molecule has 3 heteroatoms. The summed E-state index contributed by atoms with van der Waals surface area (Å²) < 4.78 is 11.0. The maximum Gasteiger partial charge on any atom is 0.121 e. The van der Waals surface area contributed by atoms with E-state index in [4.69, 9.17) is 9.47 Å². The Morgan fingerprint density at radius 2 is 1.90 bits per heavy atom. The van der Waals surface area contributed by atoms with E-state index in [0.29, 0.717) is 6.61 Å². The number of hydrogen-bond acceptors (Lipinski definition) is 3. The van der Waals surface area contributed by atoms with Crippen LogP contribution in [0.2, 0.25) is 0 Å². The lowest BCUT2D eigenvalue weighted by atomic mass is 10.1. The Bertz CT molecular complexity index is 581. The molecule has 0 amide bonds. The first-order valence-electron chi connectivity index (χ1n) is 7.23. The van der Waals surface area contributed by atoms with Crippen LogP contribution in [0.1, 0.15) is 16.7 Å². The van der Waals surface area contributed by atoms with E-state index < -0.39 is 0 Å². The second-order valence-corrected chi connectivity index (χ2v) is 5.15. The highest BCUT2D eigenvalue weighted by atomic mass is 16.5. The minimum absolute atomic E-state index is 0.665. The molecule has 2 aromatic rings. The van der Waals surface area contributed by atoms with Crippen molar-refractivity contribution in [1.82, 2.24) is 5.32 Å². The summed E-state index contributed by atoms with van der Waals surface area (Å²) in [4.78, 5) is 0. The van der Waals surface area contributed by atoms with E-state index in [0.717, 1.165) is 30.2 Å². The smallest absolute Gasteiger partial charge is 0.121 e. The van der Waals surface area contributed by atoms with Gasteiger partial charge in [0.1, 0.15) is 18.1 Å². The topological polar surface area (TPSA) is 30.5 Å². The molecular weight excluding hydrogens is 262 g/mol. The van der Waals surface area contributed by atoms with Gasteiger partial charge in [-0.15, -0.1) is 0 Å². The minimum atomic E-state index is 0.665. The largest absolute Gasteiger partial charge is 0.496 e. The van der Waals surface area contributed by atoms with Gasteiger partial charge in [0.2, 0.25) is 0 Å². The van der Waals surface area contributed by atoms with Crippen molar-refractivity contribution < 1.29 is 9.47 Å². The second kappa shape index (κ2) is 7.70. The van der Waals surface area contributed by atoms with Gasteiger partial charge in [-0.2, -0.15) is 0 Å². The summed E-state index contributed by atoms with van der Waals surface area (Å²) in [5.74, 6) is 1.86. The van der Waals surface area contributed by atoms with Gasteiger partial charge in [0, 0.05) is 13.1 Å². The molecule has 0 radical (unpaired) electrons. The molecule has 0 aliphatic rings. The summed E-state index contributed by atoms with van der Waals surface area (Å²) in [6.07, 6.45) is 0. The molecule has 0 atom stereocenters. The zero-order valence-corrected chi connectivity index (χ0v) is 13.0. The number of rotatable bonds is 7. The minimum Gasteiger partial charge on any atom is -0.496 e. The van der Waals surface area contributed by atoms with E-state index in [1.807, 2.05) is 24.3 Å². The molecule has 0 fully saturated rings. The average Bonchev–Trinajstić information content (AvgIpc) is 2.47. The Labute approximate surface area is 126 Å². The third-order valence-electron chi connectivity index (χ3n) is 3.33. The van der Waals surface area contributed by atoms with E-state index in [1.54, 1.807) is 7.11 Å². The van der Waals surface area contributed by atoms with E-state index in [9.17, 15) is 0 Å². The SMILES string of the molecule is COc1ccc(CNCCOc2cccc(C)c2)cc1C. The van der Waals surface area contributed by atoms with Crippen molar-refractivity contribution in [3.8, 4) is 11.5 Å². The van der Waals surface area contributed by atoms with Crippen molar-refractivity contribution in [2.45, 2.75) is 20.4 Å². The molecule has 0 aliphatic heterocycles. The second-order valence-electron chi connectivity index (χ2n) is 5.15. The predicted octanol–water partition coefficient (Wildman–Crippen LogP) is 3.48. The van der Waals surface area contributed by atoms with Crippen molar-refractivity contribution in [2.75, 3.05) is 20.3 Å². The molecule has 2 rings (SSSR count). The molecule has 0 bridgehead atoms. The molecule has 2 aromatic carbocycles. The van der Waals surface area contributed by atoms with Gasteiger partial charge in [-0.1, -0.05) is 24.3 Å². The molecule has 0 aliphatic carbocycles. The molecule has 112 valence electrons. The van der Waals surface area contributed by atoms with Crippen LogP contribution in [-0.4, -0.2) is 20.3 Å². The Morgan fingerprint density at radius 1 is 1.05 bits per heavy atom. The normalized spacial score (nSPS) is 10.4. The monoisotopic (exact) mass is 285 g/mol. The highest BCUT2D eigenvalue weighted by Gasteiger charge is 2.00. The molecule has 21 heavy (non-hydrogen) atoms. The fourth-order valence-electron chi connectivity index (χ4n) is 2.23. The van der Waals surface area contributed by atoms with Crippen LogP contribution in [0.5, 0.6) is 11.5 Å².